The van der Waals surface area contributed by atoms with E-state index in [1.807, 2.05) is 78.9 Å². The Kier molecular flexibility index (Phi) is 6.27. The van der Waals surface area contributed by atoms with Crippen LogP contribution in [0.15, 0.2) is 104 Å². The van der Waals surface area contributed by atoms with E-state index in [0.29, 0.717) is 5.95 Å². The average Bonchev–Trinajstić information content (AvgIpc) is 2.72. The molecular formula is C21H19N5. The molecule has 2 N–H and O–H groups in total. The van der Waals surface area contributed by atoms with Gasteiger partial charge in [0.2, 0.25) is 5.95 Å². The number of anilines is 4. The van der Waals surface area contributed by atoms with Crippen LogP contribution in [0.4, 0.5) is 23.1 Å². The second kappa shape index (κ2) is 9.54. The maximum Gasteiger partial charge on any atom is 0.227 e. The third kappa shape index (κ3) is 5.72. The lowest BCUT2D eigenvalue weighted by molar-refractivity contribution is 1.17. The summed E-state index contributed by atoms with van der Waals surface area (Å²) in [6.07, 6.45) is 5.18. The highest BCUT2D eigenvalue weighted by molar-refractivity contribution is 5.55. The van der Waals surface area contributed by atoms with Crippen LogP contribution < -0.4 is 10.6 Å². The minimum absolute atomic E-state index is 0.619. The fourth-order valence-corrected chi connectivity index (χ4v) is 2.12. The third-order valence-corrected chi connectivity index (χ3v) is 3.31. The zero-order chi connectivity index (χ0) is 17.9. The Morgan fingerprint density at radius 3 is 1.58 bits per heavy atom. The Bertz CT molecular complexity index is 717. The van der Waals surface area contributed by atoms with Gasteiger partial charge in [0.05, 0.1) is 0 Å². The highest BCUT2D eigenvalue weighted by atomic mass is 15.1. The molecule has 4 aromatic rings. The van der Waals surface area contributed by atoms with Crippen molar-refractivity contribution >= 4 is 23.1 Å². The lowest BCUT2D eigenvalue weighted by Crippen LogP contribution is -1.94. The molecule has 0 saturated carbocycles. The summed E-state index contributed by atoms with van der Waals surface area (Å²) in [5.74, 6) is 1.49. The summed E-state index contributed by atoms with van der Waals surface area (Å²) in [5.41, 5.74) is 2.05. The Labute approximate surface area is 152 Å². The van der Waals surface area contributed by atoms with Crippen LogP contribution in [0.5, 0.6) is 0 Å². The van der Waals surface area contributed by atoms with E-state index in [2.05, 4.69) is 25.6 Å². The van der Waals surface area contributed by atoms with Crippen molar-refractivity contribution in [1.82, 2.24) is 15.0 Å². The van der Waals surface area contributed by atoms with E-state index < -0.39 is 0 Å². The van der Waals surface area contributed by atoms with E-state index >= 15 is 0 Å². The number of hydrogen-bond donors (Lipinski definition) is 2. The molecule has 0 aliphatic heterocycles. The normalized spacial score (nSPS) is 9.54. The monoisotopic (exact) mass is 341 g/mol. The van der Waals surface area contributed by atoms with Crippen molar-refractivity contribution in [3.05, 3.63) is 104 Å². The summed E-state index contributed by atoms with van der Waals surface area (Å²) < 4.78 is 0. The fourth-order valence-electron chi connectivity index (χ4n) is 2.12. The molecule has 0 spiro atoms. The molecule has 0 aliphatic rings. The Morgan fingerprint density at radius 1 is 0.462 bits per heavy atom. The van der Waals surface area contributed by atoms with Crippen LogP contribution in [-0.4, -0.2) is 15.0 Å². The molecule has 5 nitrogen and oxygen atoms in total. The van der Waals surface area contributed by atoms with Crippen LogP contribution in [0.3, 0.4) is 0 Å². The van der Waals surface area contributed by atoms with E-state index in [-0.39, 0.29) is 0 Å². The number of hydrogen-bond acceptors (Lipinski definition) is 5. The van der Waals surface area contributed by atoms with E-state index in [0.717, 1.165) is 17.2 Å². The first-order valence-corrected chi connectivity index (χ1v) is 8.22. The van der Waals surface area contributed by atoms with Crippen molar-refractivity contribution in [2.24, 2.45) is 0 Å². The largest absolute Gasteiger partial charge is 0.340 e. The van der Waals surface area contributed by atoms with Gasteiger partial charge < -0.3 is 10.6 Å². The van der Waals surface area contributed by atoms with Crippen LogP contribution in [0.1, 0.15) is 0 Å². The molecule has 2 heterocycles. The van der Waals surface area contributed by atoms with Crippen molar-refractivity contribution < 1.29 is 0 Å². The van der Waals surface area contributed by atoms with Gasteiger partial charge in [-0.2, -0.15) is 0 Å². The van der Waals surface area contributed by atoms with Crippen molar-refractivity contribution in [2.45, 2.75) is 0 Å². The van der Waals surface area contributed by atoms with Crippen LogP contribution in [0, 0.1) is 0 Å². The van der Waals surface area contributed by atoms with Gasteiger partial charge in [-0.1, -0.05) is 42.5 Å². The van der Waals surface area contributed by atoms with E-state index in [1.54, 1.807) is 24.7 Å². The quantitative estimate of drug-likeness (QED) is 0.544. The number of pyridine rings is 1. The van der Waals surface area contributed by atoms with Crippen LogP contribution in [0.25, 0.3) is 0 Å². The fraction of sp³-hybridized carbons (Fsp3) is 0. The molecule has 5 heteroatoms. The first-order valence-electron chi connectivity index (χ1n) is 8.22. The Balaban J connectivity index is 0.000000151. The number of benzene rings is 2. The molecule has 0 radical (unpaired) electrons. The molecule has 0 amide bonds. The number of para-hydroxylation sites is 2. The van der Waals surface area contributed by atoms with Gasteiger partial charge in [-0.15, -0.1) is 0 Å². The predicted molar refractivity (Wildman–Crippen MR) is 106 cm³/mol. The van der Waals surface area contributed by atoms with Crippen molar-refractivity contribution in [3.8, 4) is 0 Å². The summed E-state index contributed by atoms with van der Waals surface area (Å²) >= 11 is 0. The highest BCUT2D eigenvalue weighted by Crippen LogP contribution is 2.12. The van der Waals surface area contributed by atoms with Gasteiger partial charge in [0.1, 0.15) is 5.82 Å². The summed E-state index contributed by atoms with van der Waals surface area (Å²) in [5, 5.41) is 6.27. The average molecular weight is 341 g/mol. The summed E-state index contributed by atoms with van der Waals surface area (Å²) in [4.78, 5) is 12.3. The van der Waals surface area contributed by atoms with E-state index in [1.165, 1.54) is 0 Å². The maximum absolute atomic E-state index is 4.16. The maximum atomic E-state index is 4.16. The number of rotatable bonds is 4. The van der Waals surface area contributed by atoms with E-state index in [4.69, 9.17) is 0 Å². The molecule has 2 aromatic heterocycles. The summed E-state index contributed by atoms with van der Waals surface area (Å²) in [7, 11) is 0. The molecule has 26 heavy (non-hydrogen) atoms. The topological polar surface area (TPSA) is 62.7 Å². The first kappa shape index (κ1) is 17.1. The minimum Gasteiger partial charge on any atom is -0.340 e. The predicted octanol–water partition coefficient (Wildman–Crippen LogP) is 5.05. The second-order valence-electron chi connectivity index (χ2n) is 5.27. The number of aromatic nitrogens is 3. The highest BCUT2D eigenvalue weighted by Gasteiger charge is 1.93. The molecular weight excluding hydrogens is 322 g/mol. The van der Waals surface area contributed by atoms with Gasteiger partial charge in [0.25, 0.3) is 0 Å². The molecule has 0 atom stereocenters. The lowest BCUT2D eigenvalue weighted by Gasteiger charge is -2.03. The zero-order valence-corrected chi connectivity index (χ0v) is 14.2. The Morgan fingerprint density at radius 2 is 1.00 bits per heavy atom. The minimum atomic E-state index is 0.619. The number of nitrogens with one attached hydrogen (secondary N) is 2. The molecule has 0 bridgehead atoms. The standard InChI is InChI=1S/C11H10N2.C10H9N3/c1-2-6-10(7-3-1)13-11-8-4-5-9-12-11;1-2-5-9(6-3-1)13-10-11-7-4-8-12-10/h1-9H,(H,12,13);1-8H,(H,11,12,13). The van der Waals surface area contributed by atoms with Crippen molar-refractivity contribution in [2.75, 3.05) is 10.6 Å². The van der Waals surface area contributed by atoms with Gasteiger partial charge in [-0.3, -0.25) is 0 Å². The first-order chi connectivity index (χ1) is 12.9. The zero-order valence-electron chi connectivity index (χ0n) is 14.2. The van der Waals surface area contributed by atoms with Gasteiger partial charge >= 0.3 is 0 Å². The molecule has 0 fully saturated rings. The lowest BCUT2D eigenvalue weighted by atomic mass is 10.3. The van der Waals surface area contributed by atoms with Gasteiger partial charge in [-0.25, -0.2) is 15.0 Å². The SMILES string of the molecule is c1ccc(Nc2ccccn2)cc1.c1ccc(Nc2ncccn2)cc1. The van der Waals surface area contributed by atoms with Crippen LogP contribution in [0.2, 0.25) is 0 Å². The van der Waals surface area contributed by atoms with Gasteiger partial charge in [0.15, 0.2) is 0 Å². The smallest absolute Gasteiger partial charge is 0.227 e. The molecule has 0 aliphatic carbocycles. The molecule has 0 saturated heterocycles. The van der Waals surface area contributed by atoms with Crippen LogP contribution >= 0.6 is 0 Å². The van der Waals surface area contributed by atoms with Crippen molar-refractivity contribution in [1.29, 1.82) is 0 Å². The second-order valence-corrected chi connectivity index (χ2v) is 5.27. The molecule has 128 valence electrons. The number of nitrogens with zero attached hydrogens (tertiary/aromatic N) is 3. The van der Waals surface area contributed by atoms with Crippen LogP contribution in [-0.2, 0) is 0 Å². The molecule has 0 unspecified atom stereocenters. The van der Waals surface area contributed by atoms with Gasteiger partial charge in [0, 0.05) is 30.0 Å². The molecule has 2 aromatic carbocycles. The Hall–Kier alpha value is -3.73. The van der Waals surface area contributed by atoms with Gasteiger partial charge in [-0.05, 0) is 42.5 Å². The summed E-state index contributed by atoms with van der Waals surface area (Å²) in [6, 6.07) is 27.4. The molecule has 4 rings (SSSR count). The van der Waals surface area contributed by atoms with Crippen molar-refractivity contribution in [3.63, 3.8) is 0 Å². The summed E-state index contributed by atoms with van der Waals surface area (Å²) in [6.45, 7) is 0. The van der Waals surface area contributed by atoms with E-state index in [9.17, 15) is 0 Å². The third-order valence-electron chi connectivity index (χ3n) is 3.31.